The molecule has 2 aromatic carbocycles. The Bertz CT molecular complexity index is 826. The van der Waals surface area contributed by atoms with E-state index in [1.54, 1.807) is 12.1 Å². The predicted octanol–water partition coefficient (Wildman–Crippen LogP) is 2.87. The van der Waals surface area contributed by atoms with Crippen molar-refractivity contribution >= 4 is 16.9 Å². The highest BCUT2D eigenvalue weighted by Crippen LogP contribution is 2.13. The molecule has 0 saturated heterocycles. The first kappa shape index (κ1) is 14.3. The fourth-order valence-electron chi connectivity index (χ4n) is 2.39. The number of aromatic nitrogens is 2. The minimum absolute atomic E-state index is 0.133. The highest BCUT2D eigenvalue weighted by atomic mass is 19.1. The van der Waals surface area contributed by atoms with Crippen molar-refractivity contribution in [1.82, 2.24) is 15.3 Å². The topological polar surface area (TPSA) is 57.8 Å². The smallest absolute Gasteiger partial charge is 0.224 e. The van der Waals surface area contributed by atoms with Crippen LogP contribution in [-0.2, 0) is 17.8 Å². The van der Waals surface area contributed by atoms with Crippen LogP contribution in [0.2, 0.25) is 0 Å². The number of nitrogens with one attached hydrogen (secondary N) is 2. The number of hydrogen-bond acceptors (Lipinski definition) is 2. The number of rotatable bonds is 4. The Labute approximate surface area is 127 Å². The standard InChI is InChI=1S/C17H16FN3O/c1-11-20-15-6-5-13(8-16(15)21-11)10-19-17(22)9-12-3-2-4-14(18)7-12/h2-8H,9-10H2,1H3,(H,19,22)(H,20,21). The molecule has 0 saturated carbocycles. The molecular formula is C17H16FN3O. The van der Waals surface area contributed by atoms with Gasteiger partial charge in [-0.3, -0.25) is 4.79 Å². The zero-order valence-corrected chi connectivity index (χ0v) is 12.2. The molecule has 3 rings (SSSR count). The number of aromatic amines is 1. The number of carbonyl (C=O) groups is 1. The molecule has 4 nitrogen and oxygen atoms in total. The maximum atomic E-state index is 13.1. The average Bonchev–Trinajstić information content (AvgIpc) is 2.84. The fourth-order valence-corrected chi connectivity index (χ4v) is 2.39. The van der Waals surface area contributed by atoms with Crippen LogP contribution in [0, 0.1) is 12.7 Å². The third kappa shape index (κ3) is 3.31. The molecule has 0 unspecified atom stereocenters. The van der Waals surface area contributed by atoms with E-state index in [0.29, 0.717) is 12.1 Å². The quantitative estimate of drug-likeness (QED) is 0.778. The second-order valence-electron chi connectivity index (χ2n) is 5.26. The molecule has 0 atom stereocenters. The Morgan fingerprint density at radius 1 is 1.23 bits per heavy atom. The number of nitrogens with zero attached hydrogens (tertiary/aromatic N) is 1. The van der Waals surface area contributed by atoms with Crippen LogP contribution in [0.3, 0.4) is 0 Å². The predicted molar refractivity (Wildman–Crippen MR) is 82.8 cm³/mol. The van der Waals surface area contributed by atoms with Gasteiger partial charge in [0, 0.05) is 6.54 Å². The highest BCUT2D eigenvalue weighted by Gasteiger charge is 2.05. The minimum Gasteiger partial charge on any atom is -0.352 e. The number of aryl methyl sites for hydroxylation is 1. The number of amides is 1. The number of halogens is 1. The first-order valence-electron chi connectivity index (χ1n) is 7.06. The van der Waals surface area contributed by atoms with Gasteiger partial charge in [0.25, 0.3) is 0 Å². The Kier molecular flexibility index (Phi) is 3.87. The number of imidazole rings is 1. The molecular weight excluding hydrogens is 281 g/mol. The van der Waals surface area contributed by atoms with Gasteiger partial charge < -0.3 is 10.3 Å². The lowest BCUT2D eigenvalue weighted by Crippen LogP contribution is -2.24. The fraction of sp³-hybridized carbons (Fsp3) is 0.176. The molecule has 0 bridgehead atoms. The Morgan fingerprint density at radius 2 is 2.09 bits per heavy atom. The normalized spacial score (nSPS) is 10.8. The summed E-state index contributed by atoms with van der Waals surface area (Å²) < 4.78 is 13.1. The summed E-state index contributed by atoms with van der Waals surface area (Å²) in [6.07, 6.45) is 0.170. The van der Waals surface area contributed by atoms with E-state index in [-0.39, 0.29) is 18.1 Å². The second-order valence-corrected chi connectivity index (χ2v) is 5.26. The second kappa shape index (κ2) is 5.97. The molecule has 5 heteroatoms. The molecule has 2 N–H and O–H groups in total. The van der Waals surface area contributed by atoms with E-state index in [0.717, 1.165) is 22.4 Å². The lowest BCUT2D eigenvalue weighted by Gasteiger charge is -2.06. The van der Waals surface area contributed by atoms with E-state index >= 15 is 0 Å². The first-order valence-corrected chi connectivity index (χ1v) is 7.06. The SMILES string of the molecule is Cc1nc2ccc(CNC(=O)Cc3cccc(F)c3)cc2[nH]1. The Hall–Kier alpha value is -2.69. The van der Waals surface area contributed by atoms with Gasteiger partial charge in [-0.1, -0.05) is 18.2 Å². The van der Waals surface area contributed by atoms with Gasteiger partial charge in [-0.05, 0) is 42.3 Å². The molecule has 0 fully saturated rings. The number of benzene rings is 2. The molecule has 0 aliphatic carbocycles. The van der Waals surface area contributed by atoms with Crippen molar-refractivity contribution in [1.29, 1.82) is 0 Å². The van der Waals surface area contributed by atoms with Gasteiger partial charge in [-0.25, -0.2) is 9.37 Å². The molecule has 112 valence electrons. The Morgan fingerprint density at radius 3 is 2.91 bits per heavy atom. The third-order valence-electron chi connectivity index (χ3n) is 3.41. The van der Waals surface area contributed by atoms with Gasteiger partial charge in [-0.15, -0.1) is 0 Å². The van der Waals surface area contributed by atoms with Crippen molar-refractivity contribution in [3.8, 4) is 0 Å². The zero-order chi connectivity index (χ0) is 15.5. The lowest BCUT2D eigenvalue weighted by molar-refractivity contribution is -0.120. The molecule has 3 aromatic rings. The largest absolute Gasteiger partial charge is 0.352 e. The van der Waals surface area contributed by atoms with Gasteiger partial charge in [-0.2, -0.15) is 0 Å². The average molecular weight is 297 g/mol. The molecule has 1 heterocycles. The van der Waals surface area contributed by atoms with E-state index in [9.17, 15) is 9.18 Å². The Balaban J connectivity index is 1.62. The van der Waals surface area contributed by atoms with Crippen molar-refractivity contribution in [3.63, 3.8) is 0 Å². The van der Waals surface area contributed by atoms with Crippen LogP contribution in [0.15, 0.2) is 42.5 Å². The number of hydrogen-bond donors (Lipinski definition) is 2. The van der Waals surface area contributed by atoms with Gasteiger partial charge >= 0.3 is 0 Å². The van der Waals surface area contributed by atoms with Crippen LogP contribution < -0.4 is 5.32 Å². The maximum absolute atomic E-state index is 13.1. The molecule has 0 aliphatic heterocycles. The number of H-pyrrole nitrogens is 1. The molecule has 0 radical (unpaired) electrons. The zero-order valence-electron chi connectivity index (χ0n) is 12.2. The number of fused-ring (bicyclic) bond motifs is 1. The van der Waals surface area contributed by atoms with E-state index in [1.807, 2.05) is 25.1 Å². The highest BCUT2D eigenvalue weighted by molar-refractivity contribution is 5.79. The summed E-state index contributed by atoms with van der Waals surface area (Å²) in [5.74, 6) is 0.402. The summed E-state index contributed by atoms with van der Waals surface area (Å²) in [4.78, 5) is 19.4. The van der Waals surface area contributed by atoms with Crippen LogP contribution in [0.25, 0.3) is 11.0 Å². The molecule has 0 spiro atoms. The summed E-state index contributed by atoms with van der Waals surface area (Å²) in [6.45, 7) is 2.34. The van der Waals surface area contributed by atoms with Gasteiger partial charge in [0.15, 0.2) is 0 Å². The summed E-state index contributed by atoms with van der Waals surface area (Å²) in [6, 6.07) is 11.9. The van der Waals surface area contributed by atoms with Crippen LogP contribution >= 0.6 is 0 Å². The van der Waals surface area contributed by atoms with E-state index in [4.69, 9.17) is 0 Å². The molecule has 1 aromatic heterocycles. The monoisotopic (exact) mass is 297 g/mol. The maximum Gasteiger partial charge on any atom is 0.224 e. The van der Waals surface area contributed by atoms with E-state index in [1.165, 1.54) is 12.1 Å². The van der Waals surface area contributed by atoms with Crippen LogP contribution in [0.1, 0.15) is 17.0 Å². The minimum atomic E-state index is -0.328. The van der Waals surface area contributed by atoms with Crippen molar-refractivity contribution < 1.29 is 9.18 Å². The summed E-state index contributed by atoms with van der Waals surface area (Å²) >= 11 is 0. The summed E-state index contributed by atoms with van der Waals surface area (Å²) in [7, 11) is 0. The van der Waals surface area contributed by atoms with Gasteiger partial charge in [0.1, 0.15) is 11.6 Å². The van der Waals surface area contributed by atoms with Gasteiger partial charge in [0.2, 0.25) is 5.91 Å². The van der Waals surface area contributed by atoms with E-state index in [2.05, 4.69) is 15.3 Å². The molecule has 22 heavy (non-hydrogen) atoms. The van der Waals surface area contributed by atoms with E-state index < -0.39 is 0 Å². The van der Waals surface area contributed by atoms with Crippen LogP contribution in [0.5, 0.6) is 0 Å². The first-order chi connectivity index (χ1) is 10.6. The third-order valence-corrected chi connectivity index (χ3v) is 3.41. The molecule has 0 aliphatic rings. The van der Waals surface area contributed by atoms with Crippen LogP contribution in [-0.4, -0.2) is 15.9 Å². The lowest BCUT2D eigenvalue weighted by atomic mass is 10.1. The molecule has 1 amide bonds. The van der Waals surface area contributed by atoms with Crippen molar-refractivity contribution in [2.75, 3.05) is 0 Å². The van der Waals surface area contributed by atoms with Crippen molar-refractivity contribution in [2.45, 2.75) is 19.9 Å². The van der Waals surface area contributed by atoms with Gasteiger partial charge in [0.05, 0.1) is 17.5 Å². The summed E-state index contributed by atoms with van der Waals surface area (Å²) in [5, 5.41) is 2.84. The van der Waals surface area contributed by atoms with Crippen molar-refractivity contribution in [3.05, 3.63) is 65.2 Å². The van der Waals surface area contributed by atoms with Crippen LogP contribution in [0.4, 0.5) is 4.39 Å². The number of carbonyl (C=O) groups excluding carboxylic acids is 1. The summed E-state index contributed by atoms with van der Waals surface area (Å²) in [5.41, 5.74) is 3.52. The van der Waals surface area contributed by atoms with Crippen molar-refractivity contribution in [2.24, 2.45) is 0 Å².